The van der Waals surface area contributed by atoms with E-state index >= 15 is 0 Å². The third-order valence-corrected chi connectivity index (χ3v) is 6.66. The fourth-order valence-corrected chi connectivity index (χ4v) is 4.95. The standard InChI is InChI=1S/C21H28N2O3S2/c1-6-19(21(24)22-18-10-8-9-11-20(18)27-7-2)23(28(5,25)26)17-13-12-15(3)16(4)14-17/h8-14,19H,6-7H2,1-5H3,(H,22,24). The number of rotatable bonds is 8. The molecular formula is C21H28N2O3S2. The van der Waals surface area contributed by atoms with Crippen LogP contribution in [-0.2, 0) is 14.8 Å². The minimum absolute atomic E-state index is 0.338. The van der Waals surface area contributed by atoms with Gasteiger partial charge in [0.15, 0.2) is 0 Å². The Kier molecular flexibility index (Phi) is 7.55. The second kappa shape index (κ2) is 9.47. The molecule has 1 amide bonds. The third-order valence-electron chi connectivity index (χ3n) is 4.52. The molecule has 0 heterocycles. The molecule has 1 atom stereocenters. The molecule has 1 N–H and O–H groups in total. The zero-order chi connectivity index (χ0) is 20.9. The van der Waals surface area contributed by atoms with Crippen LogP contribution < -0.4 is 9.62 Å². The van der Waals surface area contributed by atoms with Gasteiger partial charge in [-0.2, -0.15) is 0 Å². The maximum atomic E-state index is 13.1. The molecule has 0 aliphatic heterocycles. The van der Waals surface area contributed by atoms with Crippen molar-refractivity contribution in [3.05, 3.63) is 53.6 Å². The van der Waals surface area contributed by atoms with Gasteiger partial charge >= 0.3 is 0 Å². The van der Waals surface area contributed by atoms with Crippen LogP contribution in [0.1, 0.15) is 31.4 Å². The molecule has 0 saturated carbocycles. The molecule has 2 rings (SSSR count). The molecular weight excluding hydrogens is 392 g/mol. The van der Waals surface area contributed by atoms with Crippen LogP contribution in [0.25, 0.3) is 0 Å². The van der Waals surface area contributed by atoms with Gasteiger partial charge in [-0.05, 0) is 61.4 Å². The van der Waals surface area contributed by atoms with Gasteiger partial charge in [0.1, 0.15) is 6.04 Å². The summed E-state index contributed by atoms with van der Waals surface area (Å²) in [5, 5.41) is 2.93. The van der Waals surface area contributed by atoms with E-state index in [1.54, 1.807) is 17.8 Å². The first-order valence-electron chi connectivity index (χ1n) is 9.28. The number of anilines is 2. The highest BCUT2D eigenvalue weighted by Gasteiger charge is 2.32. The number of hydrogen-bond acceptors (Lipinski definition) is 4. The number of carbonyl (C=O) groups is 1. The zero-order valence-corrected chi connectivity index (χ0v) is 18.7. The van der Waals surface area contributed by atoms with Crippen molar-refractivity contribution >= 4 is 39.1 Å². The molecule has 2 aromatic carbocycles. The van der Waals surface area contributed by atoms with Gasteiger partial charge in [-0.1, -0.05) is 32.0 Å². The Morgan fingerprint density at radius 2 is 1.79 bits per heavy atom. The Bertz CT molecular complexity index is 942. The molecule has 0 spiro atoms. The monoisotopic (exact) mass is 420 g/mol. The number of para-hydroxylation sites is 1. The average Bonchev–Trinajstić information content (AvgIpc) is 2.62. The van der Waals surface area contributed by atoms with Crippen LogP contribution in [0.2, 0.25) is 0 Å². The maximum Gasteiger partial charge on any atom is 0.248 e. The van der Waals surface area contributed by atoms with Gasteiger partial charge in [0, 0.05) is 4.90 Å². The molecule has 0 aromatic heterocycles. The quantitative estimate of drug-likeness (QED) is 0.634. The molecule has 1 unspecified atom stereocenters. The van der Waals surface area contributed by atoms with Crippen LogP contribution in [0.15, 0.2) is 47.4 Å². The van der Waals surface area contributed by atoms with Crippen LogP contribution in [-0.4, -0.2) is 32.4 Å². The van der Waals surface area contributed by atoms with Crippen LogP contribution >= 0.6 is 11.8 Å². The Labute approximate surface area is 172 Å². The number of carbonyl (C=O) groups excluding carboxylic acids is 1. The topological polar surface area (TPSA) is 66.5 Å². The molecule has 0 aliphatic rings. The maximum absolute atomic E-state index is 13.1. The van der Waals surface area contributed by atoms with Crippen molar-refractivity contribution in [2.45, 2.75) is 45.1 Å². The van der Waals surface area contributed by atoms with Crippen LogP contribution in [0.4, 0.5) is 11.4 Å². The van der Waals surface area contributed by atoms with Crippen molar-refractivity contribution < 1.29 is 13.2 Å². The van der Waals surface area contributed by atoms with Crippen molar-refractivity contribution in [1.29, 1.82) is 0 Å². The zero-order valence-electron chi connectivity index (χ0n) is 17.0. The van der Waals surface area contributed by atoms with E-state index in [4.69, 9.17) is 0 Å². The molecule has 5 nitrogen and oxygen atoms in total. The SMILES string of the molecule is CCSc1ccccc1NC(=O)C(CC)N(c1ccc(C)c(C)c1)S(C)(=O)=O. The first kappa shape index (κ1) is 22.3. The summed E-state index contributed by atoms with van der Waals surface area (Å²) in [7, 11) is -3.65. The average molecular weight is 421 g/mol. The van der Waals surface area contributed by atoms with Crippen molar-refractivity contribution in [3.63, 3.8) is 0 Å². The molecule has 7 heteroatoms. The second-order valence-corrected chi connectivity index (χ2v) is 9.84. The van der Waals surface area contributed by atoms with E-state index < -0.39 is 16.1 Å². The number of sulfonamides is 1. The smallest absolute Gasteiger partial charge is 0.248 e. The molecule has 0 radical (unpaired) electrons. The summed E-state index contributed by atoms with van der Waals surface area (Å²) in [6, 6.07) is 12.2. The molecule has 0 aliphatic carbocycles. The number of nitrogens with zero attached hydrogens (tertiary/aromatic N) is 1. The lowest BCUT2D eigenvalue weighted by Gasteiger charge is -2.30. The number of hydrogen-bond donors (Lipinski definition) is 1. The van der Waals surface area contributed by atoms with Crippen molar-refractivity contribution in [2.24, 2.45) is 0 Å². The second-order valence-electron chi connectivity index (χ2n) is 6.67. The van der Waals surface area contributed by atoms with Crippen LogP contribution in [0, 0.1) is 13.8 Å². The largest absolute Gasteiger partial charge is 0.323 e. The predicted molar refractivity (Wildman–Crippen MR) is 119 cm³/mol. The Balaban J connectivity index is 2.41. The summed E-state index contributed by atoms with van der Waals surface area (Å²) in [5.41, 5.74) is 3.25. The van der Waals surface area contributed by atoms with Gasteiger partial charge in [0.2, 0.25) is 15.9 Å². The van der Waals surface area contributed by atoms with E-state index in [-0.39, 0.29) is 5.91 Å². The number of benzene rings is 2. The van der Waals surface area contributed by atoms with Gasteiger partial charge in [-0.3, -0.25) is 9.10 Å². The molecule has 28 heavy (non-hydrogen) atoms. The first-order chi connectivity index (χ1) is 13.2. The van der Waals surface area contributed by atoms with E-state index in [9.17, 15) is 13.2 Å². The number of amides is 1. The molecule has 0 saturated heterocycles. The lowest BCUT2D eigenvalue weighted by atomic mass is 10.1. The van der Waals surface area contributed by atoms with Crippen LogP contribution in [0.5, 0.6) is 0 Å². The van der Waals surface area contributed by atoms with E-state index in [2.05, 4.69) is 5.32 Å². The highest BCUT2D eigenvalue weighted by Crippen LogP contribution is 2.29. The number of thioether (sulfide) groups is 1. The minimum Gasteiger partial charge on any atom is -0.323 e. The van der Waals surface area contributed by atoms with Crippen molar-refractivity contribution in [3.8, 4) is 0 Å². The van der Waals surface area contributed by atoms with Gasteiger partial charge in [0.25, 0.3) is 0 Å². The van der Waals surface area contributed by atoms with E-state index in [0.29, 0.717) is 17.8 Å². The van der Waals surface area contributed by atoms with Crippen LogP contribution in [0.3, 0.4) is 0 Å². The first-order valence-corrected chi connectivity index (χ1v) is 12.1. The molecule has 152 valence electrons. The summed E-state index contributed by atoms with van der Waals surface area (Å²) in [5.74, 6) is 0.540. The summed E-state index contributed by atoms with van der Waals surface area (Å²) in [4.78, 5) is 14.1. The number of aryl methyl sites for hydroxylation is 2. The Hall–Kier alpha value is -1.99. The number of nitrogens with one attached hydrogen (secondary N) is 1. The lowest BCUT2D eigenvalue weighted by Crippen LogP contribution is -2.47. The van der Waals surface area contributed by atoms with Gasteiger partial charge in [-0.15, -0.1) is 11.8 Å². The molecule has 2 aromatic rings. The van der Waals surface area contributed by atoms with Gasteiger partial charge < -0.3 is 5.32 Å². The van der Waals surface area contributed by atoms with Gasteiger partial charge in [-0.25, -0.2) is 8.42 Å². The van der Waals surface area contributed by atoms with E-state index in [1.165, 1.54) is 4.31 Å². The Morgan fingerprint density at radius 3 is 2.36 bits per heavy atom. The predicted octanol–water partition coefficient (Wildman–Crippen LogP) is 4.60. The fraction of sp³-hybridized carbons (Fsp3) is 0.381. The molecule has 0 fully saturated rings. The lowest BCUT2D eigenvalue weighted by molar-refractivity contribution is -0.117. The van der Waals surface area contributed by atoms with E-state index in [0.717, 1.165) is 28.0 Å². The summed E-state index contributed by atoms with van der Waals surface area (Å²) < 4.78 is 26.4. The van der Waals surface area contributed by atoms with Gasteiger partial charge in [0.05, 0.1) is 17.6 Å². The minimum atomic E-state index is -3.65. The van der Waals surface area contributed by atoms with Crippen molar-refractivity contribution in [2.75, 3.05) is 21.6 Å². The summed E-state index contributed by atoms with van der Waals surface area (Å²) >= 11 is 1.63. The summed E-state index contributed by atoms with van der Waals surface area (Å²) in [6.45, 7) is 7.76. The molecule has 0 bridgehead atoms. The highest BCUT2D eigenvalue weighted by atomic mass is 32.2. The Morgan fingerprint density at radius 1 is 1.11 bits per heavy atom. The van der Waals surface area contributed by atoms with E-state index in [1.807, 2.05) is 64.1 Å². The highest BCUT2D eigenvalue weighted by molar-refractivity contribution is 7.99. The van der Waals surface area contributed by atoms with Crippen molar-refractivity contribution in [1.82, 2.24) is 0 Å². The fourth-order valence-electron chi connectivity index (χ4n) is 2.99. The normalized spacial score (nSPS) is 12.5. The third kappa shape index (κ3) is 5.29. The summed E-state index contributed by atoms with van der Waals surface area (Å²) in [6.07, 6.45) is 1.49.